The highest BCUT2D eigenvalue weighted by molar-refractivity contribution is 7.86. The Morgan fingerprint density at radius 3 is 1.60 bits per heavy atom. The van der Waals surface area contributed by atoms with E-state index in [9.17, 15) is 40.3 Å². The molecule has 0 aromatic heterocycles. The van der Waals surface area contributed by atoms with Crippen LogP contribution in [-0.2, 0) is 34.6 Å². The highest BCUT2D eigenvalue weighted by Gasteiger charge is 2.23. The molecule has 21 heteroatoms. The lowest BCUT2D eigenvalue weighted by Gasteiger charge is -2.19. The summed E-state index contributed by atoms with van der Waals surface area (Å²) in [6.45, 7) is 0.0428. The SMILES string of the molecule is Nc1c(N=Nc2ccc(-c3ccc(N=Nc4cc(S(=O)(=O)O)c5ccccc5c4NC(=O)CCC(CNC(=O)CS)NC(=O)CS)cc3)cc2)cc(S(=O)(=O)O)c2ccccc12. The van der Waals surface area contributed by atoms with Gasteiger partial charge in [-0.3, -0.25) is 23.5 Å². The molecule has 0 saturated heterocycles. The third-order valence-electron chi connectivity index (χ3n) is 9.36. The van der Waals surface area contributed by atoms with E-state index in [1.165, 1.54) is 12.1 Å². The highest BCUT2D eigenvalue weighted by atomic mass is 32.2. The van der Waals surface area contributed by atoms with Crippen LogP contribution >= 0.6 is 25.3 Å². The van der Waals surface area contributed by atoms with E-state index in [1.54, 1.807) is 84.9 Å². The van der Waals surface area contributed by atoms with Crippen molar-refractivity contribution in [2.45, 2.75) is 28.7 Å². The zero-order valence-corrected chi connectivity index (χ0v) is 35.8. The normalized spacial score (nSPS) is 12.5. The molecule has 6 aromatic rings. The fourth-order valence-corrected chi connectivity index (χ4v) is 8.00. The van der Waals surface area contributed by atoms with E-state index in [2.05, 4.69) is 61.7 Å². The number of nitrogen functional groups attached to an aromatic ring is 1. The first-order valence-electron chi connectivity index (χ1n) is 18.5. The molecule has 0 aliphatic carbocycles. The number of rotatable bonds is 16. The van der Waals surface area contributed by atoms with Gasteiger partial charge in [-0.15, -0.1) is 10.2 Å². The summed E-state index contributed by atoms with van der Waals surface area (Å²) in [5, 5.41) is 26.1. The second kappa shape index (κ2) is 19.6. The summed E-state index contributed by atoms with van der Waals surface area (Å²) in [6, 6.07) is 28.2. The molecule has 0 heterocycles. The van der Waals surface area contributed by atoms with Crippen LogP contribution in [-0.4, -0.2) is 67.8 Å². The van der Waals surface area contributed by atoms with Crippen LogP contribution in [0.15, 0.2) is 139 Å². The molecule has 0 fully saturated rings. The predicted molar refractivity (Wildman–Crippen MR) is 243 cm³/mol. The van der Waals surface area contributed by atoms with Gasteiger partial charge in [0.15, 0.2) is 0 Å². The molecule has 62 heavy (non-hydrogen) atoms. The lowest BCUT2D eigenvalue weighted by atomic mass is 10.1. The van der Waals surface area contributed by atoms with Crippen molar-refractivity contribution in [3.8, 4) is 11.1 Å². The molecule has 0 aliphatic rings. The van der Waals surface area contributed by atoms with Gasteiger partial charge < -0.3 is 21.7 Å². The van der Waals surface area contributed by atoms with Crippen molar-refractivity contribution < 1.29 is 40.3 Å². The summed E-state index contributed by atoms with van der Waals surface area (Å²) in [6.07, 6.45) is -0.00233. The minimum atomic E-state index is -4.76. The summed E-state index contributed by atoms with van der Waals surface area (Å²) in [5.41, 5.74) is 8.94. The fraction of sp³-hybridized carbons (Fsp3) is 0.146. The number of anilines is 2. The van der Waals surface area contributed by atoms with Crippen molar-refractivity contribution in [3.63, 3.8) is 0 Å². The molecule has 1 unspecified atom stereocenters. The number of nitrogens with two attached hydrogens (primary N) is 1. The monoisotopic (exact) mass is 914 g/mol. The molecule has 1 atom stereocenters. The van der Waals surface area contributed by atoms with E-state index in [0.717, 1.165) is 23.3 Å². The molecule has 0 saturated carbocycles. The molecule has 6 rings (SSSR count). The number of hydrogen-bond acceptors (Lipinski definition) is 14. The Kier molecular flexibility index (Phi) is 14.4. The molecule has 0 bridgehead atoms. The van der Waals surface area contributed by atoms with Crippen LogP contribution in [0.5, 0.6) is 0 Å². The molecule has 0 spiro atoms. The molecule has 6 aromatic carbocycles. The second-order valence-corrected chi connectivity index (χ2v) is 17.0. The van der Waals surface area contributed by atoms with Crippen LogP contribution in [0, 0.1) is 0 Å². The van der Waals surface area contributed by atoms with E-state index in [-0.39, 0.29) is 80.6 Å². The van der Waals surface area contributed by atoms with Crippen LogP contribution in [0.3, 0.4) is 0 Å². The summed E-state index contributed by atoms with van der Waals surface area (Å²) >= 11 is 7.91. The number of benzene rings is 6. The third-order valence-corrected chi connectivity index (χ3v) is 11.7. The Morgan fingerprint density at radius 2 is 1.08 bits per heavy atom. The van der Waals surface area contributed by atoms with Gasteiger partial charge in [-0.1, -0.05) is 72.8 Å². The lowest BCUT2D eigenvalue weighted by molar-refractivity contribution is -0.121. The van der Waals surface area contributed by atoms with Gasteiger partial charge in [0.05, 0.1) is 34.3 Å². The molecular formula is C41H38N8O9S4. The smallest absolute Gasteiger partial charge is 0.295 e. The second-order valence-electron chi connectivity index (χ2n) is 13.6. The number of nitrogens with zero attached hydrogens (tertiary/aromatic N) is 4. The zero-order chi connectivity index (χ0) is 44.6. The van der Waals surface area contributed by atoms with E-state index in [1.807, 2.05) is 0 Å². The van der Waals surface area contributed by atoms with Crippen LogP contribution in [0.25, 0.3) is 32.7 Å². The molecule has 3 amide bonds. The Labute approximate surface area is 366 Å². The number of thiol groups is 2. The Balaban J connectivity index is 1.22. The van der Waals surface area contributed by atoms with E-state index < -0.39 is 43.0 Å². The summed E-state index contributed by atoms with van der Waals surface area (Å²) in [5.74, 6) is -1.45. The molecular weight excluding hydrogens is 877 g/mol. The van der Waals surface area contributed by atoms with Crippen molar-refractivity contribution in [2.24, 2.45) is 20.5 Å². The predicted octanol–water partition coefficient (Wildman–Crippen LogP) is 7.75. The van der Waals surface area contributed by atoms with Gasteiger partial charge in [0.2, 0.25) is 17.7 Å². The van der Waals surface area contributed by atoms with E-state index in [4.69, 9.17) is 5.73 Å². The summed E-state index contributed by atoms with van der Waals surface area (Å²) < 4.78 is 69.1. The van der Waals surface area contributed by atoms with Crippen molar-refractivity contribution in [1.29, 1.82) is 0 Å². The Hall–Kier alpha value is -6.23. The molecule has 0 radical (unpaired) electrons. The van der Waals surface area contributed by atoms with Crippen molar-refractivity contribution in [1.82, 2.24) is 10.6 Å². The zero-order valence-electron chi connectivity index (χ0n) is 32.3. The first-order valence-corrected chi connectivity index (χ1v) is 22.6. The van der Waals surface area contributed by atoms with Gasteiger partial charge in [-0.2, -0.15) is 52.3 Å². The van der Waals surface area contributed by atoms with Crippen LogP contribution in [0.4, 0.5) is 34.1 Å². The lowest BCUT2D eigenvalue weighted by Crippen LogP contribution is -2.44. The number of amides is 3. The van der Waals surface area contributed by atoms with Gasteiger partial charge in [0.25, 0.3) is 20.2 Å². The average molecular weight is 915 g/mol. The quantitative estimate of drug-likeness (QED) is 0.0202. The van der Waals surface area contributed by atoms with Crippen LogP contribution in [0.1, 0.15) is 12.8 Å². The Morgan fingerprint density at radius 1 is 0.613 bits per heavy atom. The number of carbonyl (C=O) groups excluding carboxylic acids is 3. The van der Waals surface area contributed by atoms with Gasteiger partial charge in [0, 0.05) is 40.6 Å². The first-order chi connectivity index (χ1) is 29.5. The number of carbonyl (C=O) groups is 3. The van der Waals surface area contributed by atoms with E-state index in [0.29, 0.717) is 16.8 Å². The van der Waals surface area contributed by atoms with Crippen LogP contribution < -0.4 is 21.7 Å². The van der Waals surface area contributed by atoms with Crippen LogP contribution in [0.2, 0.25) is 0 Å². The van der Waals surface area contributed by atoms with Gasteiger partial charge in [0.1, 0.15) is 21.2 Å². The fourth-order valence-electron chi connectivity index (χ4n) is 6.36. The van der Waals surface area contributed by atoms with Gasteiger partial charge in [-0.05, 0) is 53.9 Å². The standard InChI is InChI=1S/C41H38N8O9S4/c42-40-31-7-3-1-5-29(31)35(61(53,54)55)19-33(40)48-46-26-13-9-24(10-14-26)25-11-15-27(16-12-25)47-49-34-20-36(62(56,57)58)30-6-2-4-8-32(30)41(34)45-37(50)18-17-28(44-39(52)23-60)21-43-38(51)22-59/h1-16,19-20,28,59-60H,17-18,21-23,42H2,(H,43,51)(H,44,52)(H,45,50)(H,53,54,55)(H,56,57,58). The molecule has 17 nitrogen and oxygen atoms in total. The van der Waals surface area contributed by atoms with Gasteiger partial charge >= 0.3 is 0 Å². The summed E-state index contributed by atoms with van der Waals surface area (Å²) in [7, 11) is -9.34. The van der Waals surface area contributed by atoms with Crippen molar-refractivity contribution >= 4 is 119 Å². The molecule has 0 aliphatic heterocycles. The van der Waals surface area contributed by atoms with Gasteiger partial charge in [-0.25, -0.2) is 0 Å². The Bertz CT molecular complexity index is 2970. The average Bonchev–Trinajstić information content (AvgIpc) is 3.26. The minimum absolute atomic E-state index is 0.0428. The number of hydrogen-bond donors (Lipinski definition) is 8. The van der Waals surface area contributed by atoms with E-state index >= 15 is 0 Å². The third kappa shape index (κ3) is 11.2. The maximum Gasteiger partial charge on any atom is 0.295 e. The first kappa shape index (κ1) is 45.3. The number of azo groups is 2. The maximum atomic E-state index is 13.4. The minimum Gasteiger partial charge on any atom is -0.396 e. The highest BCUT2D eigenvalue weighted by Crippen LogP contribution is 2.40. The van der Waals surface area contributed by atoms with Crippen molar-refractivity contribution in [2.75, 3.05) is 29.1 Å². The van der Waals surface area contributed by atoms with Crippen molar-refractivity contribution in [3.05, 3.63) is 109 Å². The molecule has 320 valence electrons. The maximum absolute atomic E-state index is 13.4. The number of nitrogens with one attached hydrogen (secondary N) is 3. The number of fused-ring (bicyclic) bond motifs is 2. The largest absolute Gasteiger partial charge is 0.396 e. The topological polar surface area (TPSA) is 271 Å². The summed E-state index contributed by atoms with van der Waals surface area (Å²) in [4.78, 5) is 36.5. The molecule has 7 N–H and O–H groups in total.